The summed E-state index contributed by atoms with van der Waals surface area (Å²) >= 11 is 0. The lowest BCUT2D eigenvalue weighted by atomic mass is 10.3. The standard InChI is InChI=1S/C10H12N2O4/c11-12-9(13)6-16-8-3-1-2-7-10(8)15-5-4-14-7/h1-3H,4-6,11H2,(H,12,13). The average molecular weight is 224 g/mol. The molecule has 0 saturated heterocycles. The van der Waals surface area contributed by atoms with Crippen LogP contribution in [0.4, 0.5) is 0 Å². The molecule has 16 heavy (non-hydrogen) atoms. The number of carbonyl (C=O) groups is 1. The van der Waals surface area contributed by atoms with Gasteiger partial charge < -0.3 is 14.2 Å². The molecule has 1 aromatic carbocycles. The van der Waals surface area contributed by atoms with Gasteiger partial charge in [0, 0.05) is 0 Å². The molecule has 0 aromatic heterocycles. The van der Waals surface area contributed by atoms with Gasteiger partial charge in [-0.2, -0.15) is 0 Å². The molecule has 0 radical (unpaired) electrons. The van der Waals surface area contributed by atoms with E-state index in [1.54, 1.807) is 18.2 Å². The van der Waals surface area contributed by atoms with Crippen molar-refractivity contribution in [1.82, 2.24) is 5.43 Å². The van der Waals surface area contributed by atoms with Crippen molar-refractivity contribution in [3.63, 3.8) is 0 Å². The van der Waals surface area contributed by atoms with Crippen molar-refractivity contribution in [3.8, 4) is 17.2 Å². The number of rotatable bonds is 3. The minimum absolute atomic E-state index is 0.156. The first-order valence-electron chi connectivity index (χ1n) is 4.82. The molecule has 0 atom stereocenters. The van der Waals surface area contributed by atoms with E-state index in [0.29, 0.717) is 30.5 Å². The van der Waals surface area contributed by atoms with Gasteiger partial charge in [0.1, 0.15) is 13.2 Å². The number of fused-ring (bicyclic) bond motifs is 1. The van der Waals surface area contributed by atoms with Gasteiger partial charge in [-0.25, -0.2) is 5.84 Å². The molecule has 1 amide bonds. The molecule has 1 heterocycles. The second-order valence-corrected chi connectivity index (χ2v) is 3.14. The minimum atomic E-state index is -0.408. The van der Waals surface area contributed by atoms with Gasteiger partial charge in [-0.15, -0.1) is 0 Å². The zero-order valence-electron chi connectivity index (χ0n) is 8.56. The number of para-hydroxylation sites is 1. The van der Waals surface area contributed by atoms with E-state index in [0.717, 1.165) is 0 Å². The third kappa shape index (κ3) is 2.17. The number of hydrogen-bond acceptors (Lipinski definition) is 5. The summed E-state index contributed by atoms with van der Waals surface area (Å²) in [6.45, 7) is 0.826. The molecule has 0 fully saturated rings. The molecule has 1 aliphatic rings. The summed E-state index contributed by atoms with van der Waals surface area (Å²) in [6, 6.07) is 5.25. The van der Waals surface area contributed by atoms with Crippen LogP contribution in [-0.4, -0.2) is 25.7 Å². The van der Waals surface area contributed by atoms with Crippen molar-refractivity contribution in [3.05, 3.63) is 18.2 Å². The van der Waals surface area contributed by atoms with Crippen LogP contribution in [0, 0.1) is 0 Å². The number of benzene rings is 1. The summed E-state index contributed by atoms with van der Waals surface area (Å²) in [5, 5.41) is 0. The number of amides is 1. The first-order valence-corrected chi connectivity index (χ1v) is 4.82. The summed E-state index contributed by atoms with van der Waals surface area (Å²) in [7, 11) is 0. The second-order valence-electron chi connectivity index (χ2n) is 3.14. The van der Waals surface area contributed by atoms with Crippen LogP contribution < -0.4 is 25.5 Å². The van der Waals surface area contributed by atoms with Crippen LogP contribution in [0.1, 0.15) is 0 Å². The molecule has 0 unspecified atom stereocenters. The van der Waals surface area contributed by atoms with Crippen LogP contribution >= 0.6 is 0 Å². The molecule has 0 spiro atoms. The Bertz CT molecular complexity index is 394. The first kappa shape index (κ1) is 10.6. The van der Waals surface area contributed by atoms with Crippen LogP contribution in [0.3, 0.4) is 0 Å². The Kier molecular flexibility index (Phi) is 3.11. The Morgan fingerprint density at radius 2 is 2.25 bits per heavy atom. The Morgan fingerprint density at radius 1 is 1.44 bits per heavy atom. The van der Waals surface area contributed by atoms with Gasteiger partial charge in [-0.1, -0.05) is 6.07 Å². The fraction of sp³-hybridized carbons (Fsp3) is 0.300. The summed E-state index contributed by atoms with van der Waals surface area (Å²) in [4.78, 5) is 10.9. The number of nitrogens with two attached hydrogens (primary N) is 1. The highest BCUT2D eigenvalue weighted by molar-refractivity contribution is 5.76. The molecule has 1 aliphatic heterocycles. The highest BCUT2D eigenvalue weighted by Gasteiger charge is 2.17. The van der Waals surface area contributed by atoms with E-state index in [9.17, 15) is 4.79 Å². The number of hydrogen-bond donors (Lipinski definition) is 2. The van der Waals surface area contributed by atoms with Crippen molar-refractivity contribution >= 4 is 5.91 Å². The van der Waals surface area contributed by atoms with E-state index in [2.05, 4.69) is 0 Å². The monoisotopic (exact) mass is 224 g/mol. The third-order valence-corrected chi connectivity index (χ3v) is 2.05. The first-order chi connectivity index (χ1) is 7.81. The average Bonchev–Trinajstić information content (AvgIpc) is 2.35. The highest BCUT2D eigenvalue weighted by atomic mass is 16.6. The molecule has 6 heteroatoms. The number of hydrazine groups is 1. The van der Waals surface area contributed by atoms with Gasteiger partial charge >= 0.3 is 0 Å². The van der Waals surface area contributed by atoms with Crippen LogP contribution in [0.2, 0.25) is 0 Å². The Balaban J connectivity index is 2.11. The Labute approximate surface area is 92.2 Å². The zero-order chi connectivity index (χ0) is 11.4. The summed E-state index contributed by atoms with van der Waals surface area (Å²) in [5.74, 6) is 6.15. The fourth-order valence-electron chi connectivity index (χ4n) is 1.35. The van der Waals surface area contributed by atoms with E-state index in [4.69, 9.17) is 20.1 Å². The van der Waals surface area contributed by atoms with E-state index in [-0.39, 0.29) is 6.61 Å². The van der Waals surface area contributed by atoms with Crippen LogP contribution in [0.5, 0.6) is 17.2 Å². The summed E-state index contributed by atoms with van der Waals surface area (Å²) in [6.07, 6.45) is 0. The van der Waals surface area contributed by atoms with Gasteiger partial charge in [0.25, 0.3) is 5.91 Å². The molecular formula is C10H12N2O4. The normalized spacial score (nSPS) is 13.1. The fourth-order valence-corrected chi connectivity index (χ4v) is 1.35. The summed E-state index contributed by atoms with van der Waals surface area (Å²) in [5.41, 5.74) is 1.98. The van der Waals surface area contributed by atoms with Gasteiger partial charge in [0.2, 0.25) is 5.75 Å². The molecule has 86 valence electrons. The molecule has 1 aromatic rings. The maximum Gasteiger partial charge on any atom is 0.271 e. The lowest BCUT2D eigenvalue weighted by molar-refractivity contribution is -0.123. The van der Waals surface area contributed by atoms with Gasteiger partial charge in [-0.3, -0.25) is 10.2 Å². The smallest absolute Gasteiger partial charge is 0.271 e. The largest absolute Gasteiger partial charge is 0.486 e. The van der Waals surface area contributed by atoms with Crippen LogP contribution in [0.25, 0.3) is 0 Å². The van der Waals surface area contributed by atoms with Crippen LogP contribution in [0.15, 0.2) is 18.2 Å². The van der Waals surface area contributed by atoms with E-state index >= 15 is 0 Å². The van der Waals surface area contributed by atoms with Gasteiger partial charge in [0.05, 0.1) is 0 Å². The van der Waals surface area contributed by atoms with E-state index in [1.165, 1.54) is 0 Å². The van der Waals surface area contributed by atoms with E-state index in [1.807, 2.05) is 5.43 Å². The van der Waals surface area contributed by atoms with Crippen LogP contribution in [-0.2, 0) is 4.79 Å². The zero-order valence-corrected chi connectivity index (χ0v) is 8.56. The Hall–Kier alpha value is -1.95. The molecular weight excluding hydrogens is 212 g/mol. The molecule has 0 aliphatic carbocycles. The SMILES string of the molecule is NNC(=O)COc1cccc2c1OCCO2. The predicted molar refractivity (Wildman–Crippen MR) is 55.3 cm³/mol. The molecule has 0 bridgehead atoms. The van der Waals surface area contributed by atoms with Crippen molar-refractivity contribution < 1.29 is 19.0 Å². The maximum atomic E-state index is 10.9. The highest BCUT2D eigenvalue weighted by Crippen LogP contribution is 2.38. The van der Waals surface area contributed by atoms with Gasteiger partial charge in [0.15, 0.2) is 18.1 Å². The Morgan fingerprint density at radius 3 is 3.06 bits per heavy atom. The lowest BCUT2D eigenvalue weighted by Gasteiger charge is -2.20. The van der Waals surface area contributed by atoms with Crippen molar-refractivity contribution in [2.24, 2.45) is 5.84 Å². The topological polar surface area (TPSA) is 82.8 Å². The number of carbonyl (C=O) groups excluding carboxylic acids is 1. The van der Waals surface area contributed by atoms with E-state index < -0.39 is 5.91 Å². The summed E-state index contributed by atoms with van der Waals surface area (Å²) < 4.78 is 16.0. The minimum Gasteiger partial charge on any atom is -0.486 e. The second kappa shape index (κ2) is 4.71. The van der Waals surface area contributed by atoms with Gasteiger partial charge in [-0.05, 0) is 12.1 Å². The van der Waals surface area contributed by atoms with Crippen molar-refractivity contribution in [2.45, 2.75) is 0 Å². The maximum absolute atomic E-state index is 10.9. The quantitative estimate of drug-likeness (QED) is 0.423. The third-order valence-electron chi connectivity index (χ3n) is 2.05. The van der Waals surface area contributed by atoms with Crippen molar-refractivity contribution in [1.29, 1.82) is 0 Å². The molecule has 3 N–H and O–H groups in total. The molecule has 2 rings (SSSR count). The number of ether oxygens (including phenoxy) is 3. The molecule has 0 saturated carbocycles. The molecule has 6 nitrogen and oxygen atoms in total. The van der Waals surface area contributed by atoms with Crippen molar-refractivity contribution in [2.75, 3.05) is 19.8 Å². The predicted octanol–water partition coefficient (Wildman–Crippen LogP) is -0.174. The lowest BCUT2D eigenvalue weighted by Crippen LogP contribution is -2.34. The number of nitrogens with one attached hydrogen (secondary N) is 1.